The Hall–Kier alpha value is -2.44. The molecule has 1 aliphatic heterocycles. The summed E-state index contributed by atoms with van der Waals surface area (Å²) >= 11 is 0. The van der Waals surface area contributed by atoms with Crippen molar-refractivity contribution in [3.8, 4) is 11.3 Å². The van der Waals surface area contributed by atoms with Crippen LogP contribution in [0.4, 0.5) is 5.95 Å². The van der Waals surface area contributed by atoms with E-state index in [-0.39, 0.29) is 11.9 Å². The van der Waals surface area contributed by atoms with E-state index in [0.717, 1.165) is 49.2 Å². The summed E-state index contributed by atoms with van der Waals surface area (Å²) in [4.78, 5) is 25.8. The normalized spacial score (nSPS) is 17.4. The van der Waals surface area contributed by atoms with Gasteiger partial charge in [0.2, 0.25) is 11.9 Å². The number of hydrogen-bond acceptors (Lipinski definition) is 6. The lowest BCUT2D eigenvalue weighted by Gasteiger charge is -2.36. The monoisotopic (exact) mass is 357 g/mol. The molecule has 2 aromatic heterocycles. The molecule has 0 N–H and O–H groups in total. The molecule has 0 aromatic carbocycles. The fourth-order valence-electron chi connectivity index (χ4n) is 3.41. The minimum absolute atomic E-state index is 0.0510. The van der Waals surface area contributed by atoms with E-state index in [9.17, 15) is 4.79 Å². The molecular formula is C19H27N5O2. The highest BCUT2D eigenvalue weighted by molar-refractivity contribution is 5.77. The molecule has 0 unspecified atom stereocenters. The zero-order chi connectivity index (χ0) is 18.7. The molecule has 140 valence electrons. The minimum atomic E-state index is -0.0510. The number of carbonyl (C=O) groups is 1. The standard InChI is InChI=1S/C19H27N5O2/c1-5-8-17(25)24-10-7-6-9-15(24)18-14(16-11-13(2)22-26-16)12-20-19(21-18)23(3)4/h11-12,15H,5-10H2,1-4H3/t15-/m0/s1. The Morgan fingerprint density at radius 3 is 2.85 bits per heavy atom. The molecular weight excluding hydrogens is 330 g/mol. The van der Waals surface area contributed by atoms with E-state index in [0.29, 0.717) is 18.1 Å². The second-order valence-corrected chi connectivity index (χ2v) is 7.04. The smallest absolute Gasteiger partial charge is 0.225 e. The highest BCUT2D eigenvalue weighted by Gasteiger charge is 2.31. The van der Waals surface area contributed by atoms with Crippen molar-refractivity contribution >= 4 is 11.9 Å². The molecule has 0 aliphatic carbocycles. The van der Waals surface area contributed by atoms with Crippen molar-refractivity contribution < 1.29 is 9.32 Å². The Bertz CT molecular complexity index is 771. The van der Waals surface area contributed by atoms with Gasteiger partial charge in [-0.05, 0) is 32.6 Å². The van der Waals surface area contributed by atoms with Gasteiger partial charge in [-0.3, -0.25) is 4.79 Å². The Morgan fingerprint density at radius 1 is 1.38 bits per heavy atom. The quantitative estimate of drug-likeness (QED) is 0.817. The van der Waals surface area contributed by atoms with Gasteiger partial charge in [-0.25, -0.2) is 9.97 Å². The molecule has 1 amide bonds. The first kappa shape index (κ1) is 18.4. The van der Waals surface area contributed by atoms with Crippen LogP contribution in [0.5, 0.6) is 0 Å². The molecule has 1 aliphatic rings. The van der Waals surface area contributed by atoms with Crippen LogP contribution in [0.1, 0.15) is 56.5 Å². The van der Waals surface area contributed by atoms with Crippen LogP contribution in [0.25, 0.3) is 11.3 Å². The van der Waals surface area contributed by atoms with Gasteiger partial charge < -0.3 is 14.3 Å². The van der Waals surface area contributed by atoms with Crippen molar-refractivity contribution in [3.63, 3.8) is 0 Å². The number of aryl methyl sites for hydroxylation is 1. The van der Waals surface area contributed by atoms with Gasteiger partial charge >= 0.3 is 0 Å². The number of likely N-dealkylation sites (tertiary alicyclic amines) is 1. The predicted molar refractivity (Wildman–Crippen MR) is 99.8 cm³/mol. The first-order chi connectivity index (χ1) is 12.5. The largest absolute Gasteiger partial charge is 0.356 e. The summed E-state index contributed by atoms with van der Waals surface area (Å²) in [6.45, 7) is 4.70. The highest BCUT2D eigenvalue weighted by Crippen LogP contribution is 2.36. The highest BCUT2D eigenvalue weighted by atomic mass is 16.5. The third kappa shape index (κ3) is 3.71. The van der Waals surface area contributed by atoms with Crippen molar-refractivity contribution in [1.29, 1.82) is 0 Å². The Kier molecular flexibility index (Phi) is 5.54. The molecule has 0 bridgehead atoms. The maximum atomic E-state index is 12.7. The van der Waals surface area contributed by atoms with Crippen LogP contribution >= 0.6 is 0 Å². The van der Waals surface area contributed by atoms with Gasteiger partial charge in [0.25, 0.3) is 0 Å². The Labute approximate surface area is 154 Å². The van der Waals surface area contributed by atoms with Crippen molar-refractivity contribution in [2.45, 2.75) is 52.0 Å². The lowest BCUT2D eigenvalue weighted by molar-refractivity contribution is -0.135. The fourth-order valence-corrected chi connectivity index (χ4v) is 3.41. The zero-order valence-electron chi connectivity index (χ0n) is 16.0. The predicted octanol–water partition coefficient (Wildman–Crippen LogP) is 3.36. The van der Waals surface area contributed by atoms with Gasteiger partial charge in [-0.2, -0.15) is 0 Å². The van der Waals surface area contributed by atoms with E-state index in [4.69, 9.17) is 9.51 Å². The van der Waals surface area contributed by atoms with Crippen LogP contribution < -0.4 is 4.90 Å². The van der Waals surface area contributed by atoms with Crippen molar-refractivity contribution in [2.75, 3.05) is 25.5 Å². The summed E-state index contributed by atoms with van der Waals surface area (Å²) < 4.78 is 5.48. The molecule has 26 heavy (non-hydrogen) atoms. The van der Waals surface area contributed by atoms with Gasteiger partial charge in [0, 0.05) is 39.3 Å². The number of aromatic nitrogens is 3. The topological polar surface area (TPSA) is 75.4 Å². The first-order valence-electron chi connectivity index (χ1n) is 9.28. The second kappa shape index (κ2) is 7.85. The van der Waals surface area contributed by atoms with Gasteiger partial charge in [0.05, 0.1) is 23.0 Å². The number of nitrogens with zero attached hydrogens (tertiary/aromatic N) is 5. The number of piperidine rings is 1. The molecule has 0 spiro atoms. The molecule has 3 rings (SSSR count). The van der Waals surface area contributed by atoms with Crippen LogP contribution in [-0.2, 0) is 4.79 Å². The van der Waals surface area contributed by atoms with E-state index in [1.54, 1.807) is 6.20 Å². The molecule has 1 fully saturated rings. The van der Waals surface area contributed by atoms with Crippen molar-refractivity contribution in [1.82, 2.24) is 20.0 Å². The number of carbonyl (C=O) groups excluding carboxylic acids is 1. The molecule has 1 atom stereocenters. The summed E-state index contributed by atoms with van der Waals surface area (Å²) in [5, 5.41) is 4.00. The van der Waals surface area contributed by atoms with Crippen LogP contribution in [0.3, 0.4) is 0 Å². The molecule has 0 saturated carbocycles. The number of rotatable bonds is 5. The van der Waals surface area contributed by atoms with Gasteiger partial charge in [-0.1, -0.05) is 12.1 Å². The lowest BCUT2D eigenvalue weighted by Crippen LogP contribution is -2.39. The summed E-state index contributed by atoms with van der Waals surface area (Å²) in [7, 11) is 3.83. The van der Waals surface area contributed by atoms with Crippen LogP contribution in [-0.4, -0.2) is 46.6 Å². The van der Waals surface area contributed by atoms with E-state index < -0.39 is 0 Å². The van der Waals surface area contributed by atoms with Crippen LogP contribution in [0.15, 0.2) is 16.8 Å². The molecule has 7 nitrogen and oxygen atoms in total. The maximum absolute atomic E-state index is 12.7. The maximum Gasteiger partial charge on any atom is 0.225 e. The van der Waals surface area contributed by atoms with Crippen molar-refractivity contribution in [3.05, 3.63) is 23.7 Å². The van der Waals surface area contributed by atoms with Crippen LogP contribution in [0.2, 0.25) is 0 Å². The summed E-state index contributed by atoms with van der Waals surface area (Å²) in [5.74, 6) is 1.48. The van der Waals surface area contributed by atoms with E-state index in [1.165, 1.54) is 0 Å². The number of hydrogen-bond donors (Lipinski definition) is 0. The zero-order valence-corrected chi connectivity index (χ0v) is 16.0. The van der Waals surface area contributed by atoms with Gasteiger partial charge in [0.1, 0.15) is 0 Å². The number of anilines is 1. The van der Waals surface area contributed by atoms with Gasteiger partial charge in [-0.15, -0.1) is 0 Å². The van der Waals surface area contributed by atoms with Crippen LogP contribution in [0, 0.1) is 6.92 Å². The molecule has 0 radical (unpaired) electrons. The molecule has 7 heteroatoms. The number of amides is 1. The third-order valence-electron chi connectivity index (χ3n) is 4.70. The average molecular weight is 357 g/mol. The van der Waals surface area contributed by atoms with Gasteiger partial charge in [0.15, 0.2) is 5.76 Å². The van der Waals surface area contributed by atoms with E-state index >= 15 is 0 Å². The third-order valence-corrected chi connectivity index (χ3v) is 4.70. The molecule has 2 aromatic rings. The molecule has 1 saturated heterocycles. The Morgan fingerprint density at radius 2 is 2.19 bits per heavy atom. The summed E-state index contributed by atoms with van der Waals surface area (Å²) in [5.41, 5.74) is 2.48. The summed E-state index contributed by atoms with van der Waals surface area (Å²) in [6.07, 6.45) is 6.22. The Balaban J connectivity index is 2.07. The summed E-state index contributed by atoms with van der Waals surface area (Å²) in [6, 6.07) is 1.84. The van der Waals surface area contributed by atoms with E-state index in [1.807, 2.05) is 43.8 Å². The lowest BCUT2D eigenvalue weighted by atomic mass is 9.95. The first-order valence-corrected chi connectivity index (χ1v) is 9.28. The fraction of sp³-hybridized carbons (Fsp3) is 0.579. The minimum Gasteiger partial charge on any atom is -0.356 e. The van der Waals surface area contributed by atoms with Crippen molar-refractivity contribution in [2.24, 2.45) is 0 Å². The SMILES string of the molecule is CCCC(=O)N1CCCC[C@H]1c1nc(N(C)C)ncc1-c1cc(C)no1. The van der Waals surface area contributed by atoms with E-state index in [2.05, 4.69) is 10.1 Å². The molecule has 3 heterocycles. The second-order valence-electron chi connectivity index (χ2n) is 7.04. The average Bonchev–Trinajstić information content (AvgIpc) is 3.07.